The molecule has 1 saturated heterocycles. The molecule has 1 aliphatic heterocycles. The number of anilines is 1. The van der Waals surface area contributed by atoms with Gasteiger partial charge < -0.3 is 15.4 Å². The van der Waals surface area contributed by atoms with E-state index in [1.807, 2.05) is 48.5 Å². The number of hydrogen-bond donors (Lipinski definition) is 2. The predicted octanol–water partition coefficient (Wildman–Crippen LogP) is 4.63. The zero-order chi connectivity index (χ0) is 22.2. The first-order valence-corrected chi connectivity index (χ1v) is 11.1. The minimum atomic E-state index is -0.215. The van der Waals surface area contributed by atoms with Crippen LogP contribution in [0.5, 0.6) is 0 Å². The lowest BCUT2D eigenvalue weighted by molar-refractivity contribution is 0.0858. The molecule has 32 heavy (non-hydrogen) atoms. The van der Waals surface area contributed by atoms with Crippen LogP contribution in [0.25, 0.3) is 0 Å². The summed E-state index contributed by atoms with van der Waals surface area (Å²) in [4.78, 5) is 25.9. The lowest BCUT2D eigenvalue weighted by Gasteiger charge is -2.15. The molecule has 2 N–H and O–H groups in total. The van der Waals surface area contributed by atoms with Crippen molar-refractivity contribution in [1.29, 1.82) is 0 Å². The van der Waals surface area contributed by atoms with Gasteiger partial charge in [0.2, 0.25) is 0 Å². The fourth-order valence-electron chi connectivity index (χ4n) is 3.97. The Balaban J connectivity index is 1.44. The van der Waals surface area contributed by atoms with Gasteiger partial charge in [0, 0.05) is 18.7 Å². The van der Waals surface area contributed by atoms with Crippen LogP contribution in [-0.4, -0.2) is 31.1 Å². The average molecular weight is 429 g/mol. The van der Waals surface area contributed by atoms with E-state index in [9.17, 15) is 9.59 Å². The number of carbonyl (C=O) groups is 2. The number of nitrogens with one attached hydrogen (secondary N) is 2. The second-order valence-electron chi connectivity index (χ2n) is 7.99. The van der Waals surface area contributed by atoms with Crippen molar-refractivity contribution in [3.63, 3.8) is 0 Å². The van der Waals surface area contributed by atoms with Crippen molar-refractivity contribution in [3.05, 3.63) is 101 Å². The number of aryl methyl sites for hydroxylation is 2. The average Bonchev–Trinajstić information content (AvgIpc) is 3.36. The molecule has 0 aromatic heterocycles. The predicted molar refractivity (Wildman–Crippen MR) is 126 cm³/mol. The van der Waals surface area contributed by atoms with E-state index in [0.29, 0.717) is 23.4 Å². The molecule has 1 unspecified atom stereocenters. The molecule has 5 nitrogen and oxygen atoms in total. The number of rotatable bonds is 8. The van der Waals surface area contributed by atoms with Crippen LogP contribution in [0.3, 0.4) is 0 Å². The summed E-state index contributed by atoms with van der Waals surface area (Å²) in [5.74, 6) is -0.429. The van der Waals surface area contributed by atoms with Gasteiger partial charge in [0.1, 0.15) is 0 Å². The molecular weight excluding hydrogens is 400 g/mol. The molecule has 0 bridgehead atoms. The third kappa shape index (κ3) is 5.62. The molecule has 1 aliphatic rings. The fourth-order valence-corrected chi connectivity index (χ4v) is 3.97. The Bertz CT molecular complexity index is 1060. The standard InChI is InChI=1S/C27H28N2O3/c30-26(28-19-22-12-8-18-32-22)24-14-6-7-15-25(24)29-27(31)23-13-5-4-11-21(23)17-16-20-9-2-1-3-10-20/h1-7,9-11,13-15,22H,8,12,16-19H2,(H,28,30)(H,29,31). The van der Waals surface area contributed by atoms with Crippen molar-refractivity contribution in [3.8, 4) is 0 Å². The molecule has 0 radical (unpaired) electrons. The number of hydrogen-bond acceptors (Lipinski definition) is 3. The lowest BCUT2D eigenvalue weighted by Crippen LogP contribution is -2.32. The molecule has 1 heterocycles. The molecule has 3 aromatic rings. The first-order valence-electron chi connectivity index (χ1n) is 11.1. The van der Waals surface area contributed by atoms with Gasteiger partial charge >= 0.3 is 0 Å². The highest BCUT2D eigenvalue weighted by Crippen LogP contribution is 2.19. The fraction of sp³-hybridized carbons (Fsp3) is 0.259. The van der Waals surface area contributed by atoms with E-state index in [2.05, 4.69) is 22.8 Å². The van der Waals surface area contributed by atoms with Crippen LogP contribution in [0.2, 0.25) is 0 Å². The van der Waals surface area contributed by atoms with Crippen molar-refractivity contribution in [2.75, 3.05) is 18.5 Å². The van der Waals surface area contributed by atoms with Crippen molar-refractivity contribution in [1.82, 2.24) is 5.32 Å². The summed E-state index contributed by atoms with van der Waals surface area (Å²) in [7, 11) is 0. The van der Waals surface area contributed by atoms with E-state index in [1.54, 1.807) is 18.2 Å². The van der Waals surface area contributed by atoms with Gasteiger partial charge in [-0.1, -0.05) is 60.7 Å². The quantitative estimate of drug-likeness (QED) is 0.550. The molecule has 5 heteroatoms. The van der Waals surface area contributed by atoms with Crippen LogP contribution in [0.1, 0.15) is 44.7 Å². The summed E-state index contributed by atoms with van der Waals surface area (Å²) in [5, 5.41) is 5.87. The Morgan fingerprint density at radius 1 is 0.812 bits per heavy atom. The van der Waals surface area contributed by atoms with E-state index in [1.165, 1.54) is 5.56 Å². The van der Waals surface area contributed by atoms with Crippen molar-refractivity contribution >= 4 is 17.5 Å². The topological polar surface area (TPSA) is 67.4 Å². The maximum absolute atomic E-state index is 13.1. The highest BCUT2D eigenvalue weighted by atomic mass is 16.5. The van der Waals surface area contributed by atoms with Crippen LogP contribution in [0.15, 0.2) is 78.9 Å². The summed E-state index contributed by atoms with van der Waals surface area (Å²) < 4.78 is 5.58. The Kier molecular flexibility index (Phi) is 7.31. The minimum Gasteiger partial charge on any atom is -0.376 e. The van der Waals surface area contributed by atoms with E-state index < -0.39 is 0 Å². The van der Waals surface area contributed by atoms with Gasteiger partial charge in [-0.3, -0.25) is 9.59 Å². The first-order chi connectivity index (χ1) is 15.7. The van der Waals surface area contributed by atoms with Crippen molar-refractivity contribution in [2.24, 2.45) is 0 Å². The van der Waals surface area contributed by atoms with Crippen LogP contribution in [-0.2, 0) is 17.6 Å². The molecule has 0 saturated carbocycles. The van der Waals surface area contributed by atoms with E-state index in [-0.39, 0.29) is 17.9 Å². The second-order valence-corrected chi connectivity index (χ2v) is 7.99. The van der Waals surface area contributed by atoms with Gasteiger partial charge in [-0.2, -0.15) is 0 Å². The molecule has 1 fully saturated rings. The Labute approximate surface area is 188 Å². The van der Waals surface area contributed by atoms with Gasteiger partial charge in [-0.05, 0) is 55.0 Å². The van der Waals surface area contributed by atoms with Gasteiger partial charge in [-0.25, -0.2) is 0 Å². The lowest BCUT2D eigenvalue weighted by atomic mass is 9.99. The molecular formula is C27H28N2O3. The summed E-state index contributed by atoms with van der Waals surface area (Å²) in [5.41, 5.74) is 3.78. The number of carbonyl (C=O) groups excluding carboxylic acids is 2. The van der Waals surface area contributed by atoms with Crippen molar-refractivity contribution in [2.45, 2.75) is 31.8 Å². The third-order valence-corrected chi connectivity index (χ3v) is 5.72. The molecule has 0 spiro atoms. The molecule has 3 aromatic carbocycles. The smallest absolute Gasteiger partial charge is 0.255 e. The zero-order valence-corrected chi connectivity index (χ0v) is 18.1. The van der Waals surface area contributed by atoms with Gasteiger partial charge in [0.15, 0.2) is 0 Å². The van der Waals surface area contributed by atoms with Crippen LogP contribution in [0, 0.1) is 0 Å². The maximum Gasteiger partial charge on any atom is 0.255 e. The largest absolute Gasteiger partial charge is 0.376 e. The third-order valence-electron chi connectivity index (χ3n) is 5.72. The van der Waals surface area contributed by atoms with E-state index >= 15 is 0 Å². The van der Waals surface area contributed by atoms with Crippen molar-refractivity contribution < 1.29 is 14.3 Å². The SMILES string of the molecule is O=C(Nc1ccccc1C(=O)NCC1CCCO1)c1ccccc1CCc1ccccc1. The molecule has 1 atom stereocenters. The van der Waals surface area contributed by atoms with Crippen LogP contribution < -0.4 is 10.6 Å². The highest BCUT2D eigenvalue weighted by molar-refractivity contribution is 6.09. The van der Waals surface area contributed by atoms with Gasteiger partial charge in [0.05, 0.1) is 17.4 Å². The second kappa shape index (κ2) is 10.7. The number of amides is 2. The van der Waals surface area contributed by atoms with Crippen LogP contribution >= 0.6 is 0 Å². The highest BCUT2D eigenvalue weighted by Gasteiger charge is 2.19. The summed E-state index contributed by atoms with van der Waals surface area (Å²) in [6, 6.07) is 24.9. The maximum atomic E-state index is 13.1. The number of ether oxygens (including phenoxy) is 1. The molecule has 4 rings (SSSR count). The monoisotopic (exact) mass is 428 g/mol. The summed E-state index contributed by atoms with van der Waals surface area (Å²) in [6.07, 6.45) is 3.66. The number of para-hydroxylation sites is 1. The molecule has 164 valence electrons. The van der Waals surface area contributed by atoms with Crippen LogP contribution in [0.4, 0.5) is 5.69 Å². The summed E-state index contributed by atoms with van der Waals surface area (Å²) >= 11 is 0. The van der Waals surface area contributed by atoms with Gasteiger partial charge in [-0.15, -0.1) is 0 Å². The van der Waals surface area contributed by atoms with E-state index in [0.717, 1.165) is 37.9 Å². The molecule has 2 amide bonds. The van der Waals surface area contributed by atoms with Gasteiger partial charge in [0.25, 0.3) is 11.8 Å². The minimum absolute atomic E-state index is 0.0668. The zero-order valence-electron chi connectivity index (χ0n) is 18.1. The van der Waals surface area contributed by atoms with E-state index in [4.69, 9.17) is 4.74 Å². The first kappa shape index (κ1) is 21.8. The Hall–Kier alpha value is -3.44. The normalized spacial score (nSPS) is 15.3. The number of benzene rings is 3. The Morgan fingerprint density at radius 3 is 2.31 bits per heavy atom. The summed E-state index contributed by atoms with van der Waals surface area (Å²) in [6.45, 7) is 1.22. The Morgan fingerprint density at radius 2 is 1.53 bits per heavy atom. The molecule has 0 aliphatic carbocycles.